The quantitative estimate of drug-likeness (QED) is 0.841. The summed E-state index contributed by atoms with van der Waals surface area (Å²) in [7, 11) is 0. The van der Waals surface area contributed by atoms with Crippen molar-refractivity contribution in [2.75, 3.05) is 39.4 Å². The van der Waals surface area contributed by atoms with Crippen LogP contribution >= 0.6 is 22.7 Å². The van der Waals surface area contributed by atoms with Crippen LogP contribution < -0.4 is 0 Å². The van der Waals surface area contributed by atoms with Gasteiger partial charge in [0.15, 0.2) is 0 Å². The molecule has 2 aromatic rings. The van der Waals surface area contributed by atoms with E-state index in [0.717, 1.165) is 32.8 Å². The molecule has 0 saturated carbocycles. The van der Waals surface area contributed by atoms with Crippen LogP contribution in [0.4, 0.5) is 0 Å². The van der Waals surface area contributed by atoms with Gasteiger partial charge in [-0.1, -0.05) is 12.1 Å². The van der Waals surface area contributed by atoms with E-state index in [0.29, 0.717) is 5.41 Å². The van der Waals surface area contributed by atoms with Crippen LogP contribution in [0.2, 0.25) is 0 Å². The maximum Gasteiger partial charge on any atom is 0.0593 e. The lowest BCUT2D eigenvalue weighted by molar-refractivity contribution is 0.0707. The molecule has 2 saturated heterocycles. The Morgan fingerprint density at radius 1 is 0.957 bits per heavy atom. The number of nitrogens with zero attached hydrogens (tertiary/aromatic N) is 2. The molecule has 0 aromatic carbocycles. The summed E-state index contributed by atoms with van der Waals surface area (Å²) in [6, 6.07) is 8.81. The number of hydrogen-bond acceptors (Lipinski definition) is 5. The predicted molar refractivity (Wildman–Crippen MR) is 97.1 cm³/mol. The predicted octanol–water partition coefficient (Wildman–Crippen LogP) is 3.53. The highest BCUT2D eigenvalue weighted by molar-refractivity contribution is 7.10. The summed E-state index contributed by atoms with van der Waals surface area (Å²) in [5.41, 5.74) is 0.324. The molecule has 2 aliphatic heterocycles. The van der Waals surface area contributed by atoms with Crippen molar-refractivity contribution in [3.63, 3.8) is 0 Å². The Labute approximate surface area is 146 Å². The molecule has 0 amide bonds. The standard InChI is InChI=1S/C18H24N2OS2/c1-3-16(22-9-1)11-19-6-5-18(13-19)14-20(7-8-21-15-18)12-17-4-2-10-23-17/h1-4,9-10H,5-8,11-15H2/t18-/m1/s1. The van der Waals surface area contributed by atoms with Crippen LogP contribution in [0.15, 0.2) is 35.0 Å². The van der Waals surface area contributed by atoms with Crippen molar-refractivity contribution in [1.29, 1.82) is 0 Å². The fraction of sp³-hybridized carbons (Fsp3) is 0.556. The summed E-state index contributed by atoms with van der Waals surface area (Å²) in [6.45, 7) is 8.58. The van der Waals surface area contributed by atoms with Crippen molar-refractivity contribution >= 4 is 22.7 Å². The van der Waals surface area contributed by atoms with Crippen molar-refractivity contribution in [1.82, 2.24) is 9.80 Å². The highest BCUT2D eigenvalue weighted by Gasteiger charge is 2.41. The van der Waals surface area contributed by atoms with E-state index >= 15 is 0 Å². The van der Waals surface area contributed by atoms with Gasteiger partial charge in [0.25, 0.3) is 0 Å². The van der Waals surface area contributed by atoms with Crippen LogP contribution in [0, 0.1) is 5.41 Å². The minimum Gasteiger partial charge on any atom is -0.379 e. The molecule has 124 valence electrons. The Morgan fingerprint density at radius 2 is 1.61 bits per heavy atom. The van der Waals surface area contributed by atoms with Crippen LogP contribution in [-0.2, 0) is 17.8 Å². The fourth-order valence-corrected chi connectivity index (χ4v) is 5.36. The molecule has 2 aromatic heterocycles. The molecule has 5 heteroatoms. The largest absolute Gasteiger partial charge is 0.379 e. The maximum absolute atomic E-state index is 6.00. The second-order valence-corrected chi connectivity index (χ2v) is 8.95. The molecule has 0 unspecified atom stereocenters. The minimum absolute atomic E-state index is 0.324. The van der Waals surface area contributed by atoms with Gasteiger partial charge in [-0.2, -0.15) is 0 Å². The van der Waals surface area contributed by atoms with E-state index in [1.807, 2.05) is 22.7 Å². The molecule has 1 atom stereocenters. The summed E-state index contributed by atoms with van der Waals surface area (Å²) in [5.74, 6) is 0. The summed E-state index contributed by atoms with van der Waals surface area (Å²) in [4.78, 5) is 8.17. The van der Waals surface area contributed by atoms with Gasteiger partial charge in [-0.3, -0.25) is 9.80 Å². The summed E-state index contributed by atoms with van der Waals surface area (Å²) in [5, 5.41) is 4.36. The van der Waals surface area contributed by atoms with E-state index in [1.165, 1.54) is 35.8 Å². The lowest BCUT2D eigenvalue weighted by Gasteiger charge is -2.31. The lowest BCUT2D eigenvalue weighted by atomic mass is 9.87. The van der Waals surface area contributed by atoms with Gasteiger partial charge in [0.1, 0.15) is 0 Å². The van der Waals surface area contributed by atoms with E-state index in [9.17, 15) is 0 Å². The smallest absolute Gasteiger partial charge is 0.0593 e. The van der Waals surface area contributed by atoms with Gasteiger partial charge in [0, 0.05) is 47.9 Å². The molecule has 0 aliphatic carbocycles. The molecule has 2 aliphatic rings. The first kappa shape index (κ1) is 15.8. The van der Waals surface area contributed by atoms with Crippen molar-refractivity contribution < 1.29 is 4.74 Å². The highest BCUT2D eigenvalue weighted by Crippen LogP contribution is 2.35. The van der Waals surface area contributed by atoms with Crippen LogP contribution in [0.3, 0.4) is 0 Å². The first-order valence-corrected chi connectivity index (χ1v) is 10.1. The second kappa shape index (κ2) is 7.03. The van der Waals surface area contributed by atoms with E-state index in [2.05, 4.69) is 44.8 Å². The molecular formula is C18H24N2OS2. The normalized spacial score (nSPS) is 26.8. The van der Waals surface area contributed by atoms with Gasteiger partial charge >= 0.3 is 0 Å². The molecule has 1 spiro atoms. The van der Waals surface area contributed by atoms with Crippen molar-refractivity contribution in [3.8, 4) is 0 Å². The van der Waals surface area contributed by atoms with E-state index in [-0.39, 0.29) is 0 Å². The minimum atomic E-state index is 0.324. The molecule has 3 nitrogen and oxygen atoms in total. The lowest BCUT2D eigenvalue weighted by Crippen LogP contribution is -2.40. The number of likely N-dealkylation sites (tertiary alicyclic amines) is 1. The van der Waals surface area contributed by atoms with E-state index in [4.69, 9.17) is 4.74 Å². The number of rotatable bonds is 4. The summed E-state index contributed by atoms with van der Waals surface area (Å²) < 4.78 is 6.00. The Balaban J connectivity index is 1.40. The molecular weight excluding hydrogens is 324 g/mol. The number of hydrogen-bond donors (Lipinski definition) is 0. The van der Waals surface area contributed by atoms with Gasteiger partial charge < -0.3 is 4.74 Å². The number of thiophene rings is 2. The second-order valence-electron chi connectivity index (χ2n) is 6.88. The van der Waals surface area contributed by atoms with Gasteiger partial charge in [0.05, 0.1) is 13.2 Å². The van der Waals surface area contributed by atoms with Crippen LogP contribution in [0.5, 0.6) is 0 Å². The topological polar surface area (TPSA) is 15.7 Å². The van der Waals surface area contributed by atoms with Crippen LogP contribution in [-0.4, -0.2) is 49.2 Å². The Hall–Kier alpha value is -0.720. The Bertz CT molecular complexity index is 599. The van der Waals surface area contributed by atoms with Gasteiger partial charge in [0.2, 0.25) is 0 Å². The molecule has 23 heavy (non-hydrogen) atoms. The first-order valence-electron chi connectivity index (χ1n) is 8.39. The highest BCUT2D eigenvalue weighted by atomic mass is 32.1. The van der Waals surface area contributed by atoms with Crippen LogP contribution in [0.1, 0.15) is 16.2 Å². The Morgan fingerprint density at radius 3 is 2.22 bits per heavy atom. The zero-order valence-corrected chi connectivity index (χ0v) is 15.1. The number of ether oxygens (including phenoxy) is 1. The zero-order chi connectivity index (χ0) is 15.5. The Kier molecular flexibility index (Phi) is 4.83. The first-order chi connectivity index (χ1) is 11.3. The maximum atomic E-state index is 6.00. The zero-order valence-electron chi connectivity index (χ0n) is 13.4. The average molecular weight is 349 g/mol. The molecule has 0 N–H and O–H groups in total. The third-order valence-electron chi connectivity index (χ3n) is 4.96. The van der Waals surface area contributed by atoms with Crippen molar-refractivity contribution in [2.45, 2.75) is 19.5 Å². The van der Waals surface area contributed by atoms with E-state index in [1.54, 1.807) is 0 Å². The average Bonchev–Trinajstić information content (AvgIpc) is 3.25. The summed E-state index contributed by atoms with van der Waals surface area (Å²) in [6.07, 6.45) is 1.26. The van der Waals surface area contributed by atoms with Gasteiger partial charge in [-0.15, -0.1) is 22.7 Å². The third-order valence-corrected chi connectivity index (χ3v) is 6.68. The van der Waals surface area contributed by atoms with Crippen LogP contribution in [0.25, 0.3) is 0 Å². The fourth-order valence-electron chi connectivity index (χ4n) is 3.87. The van der Waals surface area contributed by atoms with Gasteiger partial charge in [-0.25, -0.2) is 0 Å². The molecule has 0 radical (unpaired) electrons. The molecule has 0 bridgehead atoms. The molecule has 2 fully saturated rings. The third kappa shape index (κ3) is 3.86. The van der Waals surface area contributed by atoms with Crippen molar-refractivity contribution in [3.05, 3.63) is 44.8 Å². The van der Waals surface area contributed by atoms with E-state index < -0.39 is 0 Å². The molecule has 4 rings (SSSR count). The van der Waals surface area contributed by atoms with Gasteiger partial charge in [-0.05, 0) is 35.9 Å². The van der Waals surface area contributed by atoms with Crippen molar-refractivity contribution in [2.24, 2.45) is 5.41 Å². The summed E-state index contributed by atoms with van der Waals surface area (Å²) >= 11 is 3.74. The monoisotopic (exact) mass is 348 g/mol. The SMILES string of the molecule is c1csc(CN2CCOC[C@@]3(CCN(Cc4cccs4)C3)C2)c1. The molecule has 4 heterocycles.